The minimum atomic E-state index is -0.260. The van der Waals surface area contributed by atoms with Gasteiger partial charge >= 0.3 is 0 Å². The van der Waals surface area contributed by atoms with Gasteiger partial charge in [0, 0.05) is 32.0 Å². The molecule has 22 heavy (non-hydrogen) atoms. The van der Waals surface area contributed by atoms with Crippen LogP contribution in [0.15, 0.2) is 42.6 Å². The number of aromatic nitrogens is 1. The molecule has 0 atom stereocenters. The average Bonchev–Trinajstić information content (AvgIpc) is 2.55. The van der Waals surface area contributed by atoms with Crippen molar-refractivity contribution < 1.29 is 13.9 Å². The van der Waals surface area contributed by atoms with Crippen LogP contribution in [0, 0.1) is 5.82 Å². The number of anilines is 1. The Kier molecular flexibility index (Phi) is 5.85. The third-order valence-electron chi connectivity index (χ3n) is 3.04. The number of hydrogen-bond acceptors (Lipinski definition) is 4. The van der Waals surface area contributed by atoms with Crippen LogP contribution >= 0.6 is 0 Å². The number of halogens is 1. The van der Waals surface area contributed by atoms with E-state index in [0.717, 1.165) is 0 Å². The minimum Gasteiger partial charge on any atom is -0.383 e. The Hall–Kier alpha value is -2.47. The molecule has 116 valence electrons. The summed E-state index contributed by atoms with van der Waals surface area (Å²) >= 11 is 0. The second kappa shape index (κ2) is 8.09. The first-order chi connectivity index (χ1) is 10.7. The fraction of sp³-hybridized carbons (Fsp3) is 0.250. The minimum absolute atomic E-state index is 0.204. The molecule has 0 spiro atoms. The lowest BCUT2D eigenvalue weighted by atomic mass is 10.2. The monoisotopic (exact) mass is 303 g/mol. The summed E-state index contributed by atoms with van der Waals surface area (Å²) in [6.45, 7) is 1.24. The molecule has 1 aromatic heterocycles. The van der Waals surface area contributed by atoms with E-state index in [4.69, 9.17) is 4.74 Å². The van der Waals surface area contributed by atoms with Gasteiger partial charge in [-0.25, -0.2) is 9.37 Å². The normalized spacial score (nSPS) is 10.3. The molecule has 0 saturated heterocycles. The fourth-order valence-corrected chi connectivity index (χ4v) is 1.83. The summed E-state index contributed by atoms with van der Waals surface area (Å²) in [5.74, 6) is 0.117. The predicted octanol–water partition coefficient (Wildman–Crippen LogP) is 2.21. The quantitative estimate of drug-likeness (QED) is 0.770. The molecular weight excluding hydrogens is 285 g/mol. The van der Waals surface area contributed by atoms with Crippen LogP contribution in [-0.4, -0.2) is 31.2 Å². The van der Waals surface area contributed by atoms with Crippen molar-refractivity contribution in [1.29, 1.82) is 0 Å². The molecule has 0 unspecified atom stereocenters. The van der Waals surface area contributed by atoms with Crippen molar-refractivity contribution in [1.82, 2.24) is 10.3 Å². The Morgan fingerprint density at radius 3 is 2.77 bits per heavy atom. The lowest BCUT2D eigenvalue weighted by Gasteiger charge is -2.08. The van der Waals surface area contributed by atoms with Gasteiger partial charge in [-0.1, -0.05) is 18.2 Å². The highest BCUT2D eigenvalue weighted by molar-refractivity contribution is 5.94. The Morgan fingerprint density at radius 1 is 1.27 bits per heavy atom. The van der Waals surface area contributed by atoms with Crippen molar-refractivity contribution in [3.63, 3.8) is 0 Å². The van der Waals surface area contributed by atoms with Crippen molar-refractivity contribution in [2.75, 3.05) is 25.6 Å². The largest absolute Gasteiger partial charge is 0.383 e. The average molecular weight is 303 g/mol. The van der Waals surface area contributed by atoms with E-state index in [0.29, 0.717) is 36.6 Å². The van der Waals surface area contributed by atoms with E-state index < -0.39 is 0 Å². The number of nitrogens with zero attached hydrogens (tertiary/aromatic N) is 1. The van der Waals surface area contributed by atoms with Crippen LogP contribution in [0.2, 0.25) is 0 Å². The maximum absolute atomic E-state index is 13.5. The zero-order valence-electron chi connectivity index (χ0n) is 12.3. The number of nitrogens with one attached hydrogen (secondary N) is 2. The molecule has 1 amide bonds. The van der Waals surface area contributed by atoms with Crippen molar-refractivity contribution in [2.45, 2.75) is 6.54 Å². The molecule has 0 bridgehead atoms. The molecule has 0 aliphatic rings. The zero-order chi connectivity index (χ0) is 15.8. The summed E-state index contributed by atoms with van der Waals surface area (Å²) in [6.07, 6.45) is 1.48. The summed E-state index contributed by atoms with van der Waals surface area (Å²) in [4.78, 5) is 15.9. The highest BCUT2D eigenvalue weighted by Crippen LogP contribution is 2.10. The van der Waals surface area contributed by atoms with Crippen LogP contribution in [0.3, 0.4) is 0 Å². The number of pyridine rings is 1. The number of carbonyl (C=O) groups is 1. The molecule has 0 radical (unpaired) electrons. The third kappa shape index (κ3) is 4.53. The van der Waals surface area contributed by atoms with Crippen molar-refractivity contribution in [3.8, 4) is 0 Å². The maximum Gasteiger partial charge on any atom is 0.252 e. The van der Waals surface area contributed by atoms with Gasteiger partial charge in [-0.2, -0.15) is 0 Å². The highest BCUT2D eigenvalue weighted by atomic mass is 19.1. The van der Waals surface area contributed by atoms with E-state index in [-0.39, 0.29) is 11.7 Å². The summed E-state index contributed by atoms with van der Waals surface area (Å²) < 4.78 is 18.3. The molecule has 5 nitrogen and oxygen atoms in total. The molecule has 2 aromatic rings. The number of methoxy groups -OCH3 is 1. The van der Waals surface area contributed by atoms with E-state index in [1.165, 1.54) is 12.3 Å². The molecule has 0 saturated carbocycles. The third-order valence-corrected chi connectivity index (χ3v) is 3.04. The molecule has 2 rings (SSSR count). The van der Waals surface area contributed by atoms with Crippen LogP contribution in [0.1, 0.15) is 15.9 Å². The molecule has 0 fully saturated rings. The molecule has 1 heterocycles. The zero-order valence-corrected chi connectivity index (χ0v) is 12.3. The van der Waals surface area contributed by atoms with E-state index in [1.807, 2.05) is 0 Å². The van der Waals surface area contributed by atoms with Crippen molar-refractivity contribution in [2.24, 2.45) is 0 Å². The van der Waals surface area contributed by atoms with E-state index in [2.05, 4.69) is 15.6 Å². The van der Waals surface area contributed by atoms with Crippen molar-refractivity contribution >= 4 is 11.7 Å². The van der Waals surface area contributed by atoms with Gasteiger partial charge in [-0.15, -0.1) is 0 Å². The van der Waals surface area contributed by atoms with E-state index in [1.54, 1.807) is 37.4 Å². The molecule has 2 N–H and O–H groups in total. The Morgan fingerprint density at radius 2 is 2.09 bits per heavy atom. The standard InChI is InChI=1S/C16H18FN3O2/c1-22-9-8-18-16(21)13-6-7-15(20-11-13)19-10-12-4-2-3-5-14(12)17/h2-7,11H,8-10H2,1H3,(H,18,21)(H,19,20). The number of hydrogen-bond donors (Lipinski definition) is 2. The molecular formula is C16H18FN3O2. The van der Waals surface area contributed by atoms with Crippen LogP contribution < -0.4 is 10.6 Å². The van der Waals surface area contributed by atoms with Gasteiger partial charge in [0.25, 0.3) is 5.91 Å². The Bertz CT molecular complexity index is 617. The molecule has 0 aliphatic heterocycles. The van der Waals surface area contributed by atoms with Gasteiger partial charge in [0.1, 0.15) is 11.6 Å². The van der Waals surface area contributed by atoms with Crippen LogP contribution in [0.4, 0.5) is 10.2 Å². The lowest BCUT2D eigenvalue weighted by molar-refractivity contribution is 0.0937. The summed E-state index contributed by atoms with van der Waals surface area (Å²) in [6, 6.07) is 9.90. The number of benzene rings is 1. The Balaban J connectivity index is 1.89. The second-order valence-corrected chi connectivity index (χ2v) is 4.63. The number of carbonyl (C=O) groups excluding carboxylic acids is 1. The van der Waals surface area contributed by atoms with Gasteiger partial charge in [0.15, 0.2) is 0 Å². The smallest absolute Gasteiger partial charge is 0.252 e. The van der Waals surface area contributed by atoms with E-state index in [9.17, 15) is 9.18 Å². The van der Waals surface area contributed by atoms with Gasteiger partial charge in [0.05, 0.1) is 12.2 Å². The summed E-state index contributed by atoms with van der Waals surface area (Å²) in [7, 11) is 1.57. The highest BCUT2D eigenvalue weighted by Gasteiger charge is 2.06. The first-order valence-electron chi connectivity index (χ1n) is 6.91. The number of ether oxygens (including phenoxy) is 1. The molecule has 6 heteroatoms. The maximum atomic E-state index is 13.5. The first kappa shape index (κ1) is 15.9. The fourth-order valence-electron chi connectivity index (χ4n) is 1.83. The van der Waals surface area contributed by atoms with Gasteiger partial charge in [-0.05, 0) is 18.2 Å². The van der Waals surface area contributed by atoms with Gasteiger partial charge in [-0.3, -0.25) is 4.79 Å². The number of rotatable bonds is 7. The van der Waals surface area contributed by atoms with Crippen molar-refractivity contribution in [3.05, 3.63) is 59.5 Å². The van der Waals surface area contributed by atoms with Gasteiger partial charge in [0.2, 0.25) is 0 Å². The summed E-state index contributed by atoms with van der Waals surface area (Å²) in [5.41, 5.74) is 1.03. The van der Waals surface area contributed by atoms with Crippen LogP contribution in [-0.2, 0) is 11.3 Å². The molecule has 0 aliphatic carbocycles. The summed E-state index contributed by atoms with van der Waals surface area (Å²) in [5, 5.41) is 5.73. The predicted molar refractivity (Wildman–Crippen MR) is 82.2 cm³/mol. The second-order valence-electron chi connectivity index (χ2n) is 4.63. The number of amides is 1. The molecule has 1 aromatic carbocycles. The van der Waals surface area contributed by atoms with E-state index >= 15 is 0 Å². The Labute approximate surface area is 128 Å². The van der Waals surface area contributed by atoms with Crippen LogP contribution in [0.25, 0.3) is 0 Å². The first-order valence-corrected chi connectivity index (χ1v) is 6.91. The lowest BCUT2D eigenvalue weighted by Crippen LogP contribution is -2.27. The topological polar surface area (TPSA) is 63.2 Å². The van der Waals surface area contributed by atoms with Gasteiger partial charge < -0.3 is 15.4 Å². The van der Waals surface area contributed by atoms with Crippen LogP contribution in [0.5, 0.6) is 0 Å². The SMILES string of the molecule is COCCNC(=O)c1ccc(NCc2ccccc2F)nc1.